The minimum Gasteiger partial charge on any atom is -0.477 e. The van der Waals surface area contributed by atoms with Gasteiger partial charge in [0.2, 0.25) is 5.88 Å². The molecule has 0 atom stereocenters. The van der Waals surface area contributed by atoms with Gasteiger partial charge < -0.3 is 4.74 Å². The highest BCUT2D eigenvalue weighted by atomic mass is 19.4. The molecule has 0 aliphatic carbocycles. The third kappa shape index (κ3) is 3.59. The standard InChI is InChI=1S/C17H13F3N2O/c18-17(19,20)13-7-5-12(6-8-13)9-10-23-16-14-3-1-2-4-15(14)21-11-22-16/h1-8,11H,9-10H2. The second-order valence-corrected chi connectivity index (χ2v) is 4.99. The first kappa shape index (κ1) is 15.3. The molecule has 3 rings (SSSR count). The minimum atomic E-state index is -4.31. The Morgan fingerprint density at radius 2 is 1.65 bits per heavy atom. The van der Waals surface area contributed by atoms with Gasteiger partial charge in [0.05, 0.1) is 23.1 Å². The zero-order valence-electron chi connectivity index (χ0n) is 12.0. The number of alkyl halides is 3. The van der Waals surface area contributed by atoms with E-state index >= 15 is 0 Å². The van der Waals surface area contributed by atoms with Crippen molar-refractivity contribution in [2.24, 2.45) is 0 Å². The summed E-state index contributed by atoms with van der Waals surface area (Å²) in [6, 6.07) is 12.6. The van der Waals surface area contributed by atoms with Crippen LogP contribution in [0.1, 0.15) is 11.1 Å². The smallest absolute Gasteiger partial charge is 0.416 e. The van der Waals surface area contributed by atoms with Gasteiger partial charge in [-0.15, -0.1) is 0 Å². The highest BCUT2D eigenvalue weighted by Crippen LogP contribution is 2.29. The first-order chi connectivity index (χ1) is 11.0. The van der Waals surface area contributed by atoms with Crippen LogP contribution in [0.5, 0.6) is 5.88 Å². The fourth-order valence-corrected chi connectivity index (χ4v) is 2.22. The molecule has 0 saturated heterocycles. The van der Waals surface area contributed by atoms with Crippen LogP contribution in [0.2, 0.25) is 0 Å². The van der Waals surface area contributed by atoms with Crippen LogP contribution in [-0.2, 0) is 12.6 Å². The van der Waals surface area contributed by atoms with Crippen LogP contribution in [0.15, 0.2) is 54.9 Å². The molecule has 0 spiro atoms. The van der Waals surface area contributed by atoms with E-state index in [0.29, 0.717) is 18.9 Å². The fraction of sp³-hybridized carbons (Fsp3) is 0.176. The van der Waals surface area contributed by atoms with Crippen molar-refractivity contribution in [2.45, 2.75) is 12.6 Å². The molecule has 0 aliphatic rings. The first-order valence-corrected chi connectivity index (χ1v) is 7.03. The minimum absolute atomic E-state index is 0.326. The number of benzene rings is 2. The largest absolute Gasteiger partial charge is 0.477 e. The van der Waals surface area contributed by atoms with E-state index in [-0.39, 0.29) is 0 Å². The average Bonchev–Trinajstić information content (AvgIpc) is 2.55. The molecular weight excluding hydrogens is 305 g/mol. The van der Waals surface area contributed by atoms with Crippen LogP contribution >= 0.6 is 0 Å². The molecule has 0 unspecified atom stereocenters. The molecule has 1 aromatic heterocycles. The topological polar surface area (TPSA) is 35.0 Å². The molecule has 3 nitrogen and oxygen atoms in total. The van der Waals surface area contributed by atoms with Crippen molar-refractivity contribution in [1.29, 1.82) is 0 Å². The van der Waals surface area contributed by atoms with E-state index in [1.165, 1.54) is 18.5 Å². The molecule has 1 heterocycles. The fourth-order valence-electron chi connectivity index (χ4n) is 2.22. The Morgan fingerprint density at radius 3 is 2.39 bits per heavy atom. The molecule has 0 radical (unpaired) electrons. The van der Waals surface area contributed by atoms with Crippen molar-refractivity contribution in [1.82, 2.24) is 9.97 Å². The molecular formula is C17H13F3N2O. The summed E-state index contributed by atoms with van der Waals surface area (Å²) in [7, 11) is 0. The number of nitrogens with zero attached hydrogens (tertiary/aromatic N) is 2. The Balaban J connectivity index is 1.65. The Bertz CT molecular complexity index is 796. The maximum absolute atomic E-state index is 12.5. The lowest BCUT2D eigenvalue weighted by molar-refractivity contribution is -0.137. The number of aromatic nitrogens is 2. The van der Waals surface area contributed by atoms with E-state index in [1.54, 1.807) is 0 Å². The van der Waals surface area contributed by atoms with Gasteiger partial charge in [-0.3, -0.25) is 0 Å². The number of hydrogen-bond acceptors (Lipinski definition) is 3. The Hall–Kier alpha value is -2.63. The lowest BCUT2D eigenvalue weighted by atomic mass is 10.1. The van der Waals surface area contributed by atoms with E-state index in [4.69, 9.17) is 4.74 Å². The number of hydrogen-bond donors (Lipinski definition) is 0. The molecule has 0 saturated carbocycles. The third-order valence-corrected chi connectivity index (χ3v) is 3.42. The van der Waals surface area contributed by atoms with Gasteiger partial charge in [-0.1, -0.05) is 24.3 Å². The number of ether oxygens (including phenoxy) is 1. The zero-order valence-corrected chi connectivity index (χ0v) is 12.0. The van der Waals surface area contributed by atoms with E-state index in [1.807, 2.05) is 24.3 Å². The summed E-state index contributed by atoms with van der Waals surface area (Å²) in [5.41, 5.74) is 0.910. The van der Waals surface area contributed by atoms with Gasteiger partial charge in [0.1, 0.15) is 6.33 Å². The molecule has 0 fully saturated rings. The lowest BCUT2D eigenvalue weighted by Gasteiger charge is -2.09. The maximum atomic E-state index is 12.5. The van der Waals surface area contributed by atoms with Gasteiger partial charge >= 0.3 is 6.18 Å². The van der Waals surface area contributed by atoms with Crippen LogP contribution in [0, 0.1) is 0 Å². The molecule has 6 heteroatoms. The summed E-state index contributed by atoms with van der Waals surface area (Å²) in [4.78, 5) is 8.25. The van der Waals surface area contributed by atoms with Crippen molar-refractivity contribution in [2.75, 3.05) is 6.61 Å². The number of halogens is 3. The molecule has 23 heavy (non-hydrogen) atoms. The molecule has 118 valence electrons. The van der Waals surface area contributed by atoms with Crippen molar-refractivity contribution in [3.8, 4) is 5.88 Å². The SMILES string of the molecule is FC(F)(F)c1ccc(CCOc2ncnc3ccccc23)cc1. The van der Waals surface area contributed by atoms with Gasteiger partial charge in [-0.2, -0.15) is 13.2 Å². The van der Waals surface area contributed by atoms with Crippen molar-refractivity contribution in [3.63, 3.8) is 0 Å². The third-order valence-electron chi connectivity index (χ3n) is 3.42. The first-order valence-electron chi connectivity index (χ1n) is 7.03. The summed E-state index contributed by atoms with van der Waals surface area (Å²) in [5, 5.41) is 0.808. The summed E-state index contributed by atoms with van der Waals surface area (Å²) in [6.45, 7) is 0.326. The van der Waals surface area contributed by atoms with Crippen molar-refractivity contribution in [3.05, 3.63) is 66.0 Å². The number of fused-ring (bicyclic) bond motifs is 1. The molecule has 0 aliphatic heterocycles. The molecule has 2 aromatic carbocycles. The second kappa shape index (κ2) is 6.24. The van der Waals surface area contributed by atoms with Crippen molar-refractivity contribution < 1.29 is 17.9 Å². The summed E-state index contributed by atoms with van der Waals surface area (Å²) in [5.74, 6) is 0.475. The molecule has 0 N–H and O–H groups in total. The number of para-hydroxylation sites is 1. The van der Waals surface area contributed by atoms with Gasteiger partial charge in [0, 0.05) is 6.42 Å². The van der Waals surface area contributed by atoms with E-state index in [2.05, 4.69) is 9.97 Å². The van der Waals surface area contributed by atoms with E-state index in [9.17, 15) is 13.2 Å². The quantitative estimate of drug-likeness (QED) is 0.720. The lowest BCUT2D eigenvalue weighted by Crippen LogP contribution is -2.06. The predicted molar refractivity (Wildman–Crippen MR) is 80.2 cm³/mol. The van der Waals surface area contributed by atoms with E-state index in [0.717, 1.165) is 28.6 Å². The highest BCUT2D eigenvalue weighted by Gasteiger charge is 2.29. The molecule has 0 amide bonds. The van der Waals surface area contributed by atoms with Crippen LogP contribution in [0.25, 0.3) is 10.9 Å². The highest BCUT2D eigenvalue weighted by molar-refractivity contribution is 5.82. The van der Waals surface area contributed by atoms with Crippen LogP contribution in [0.4, 0.5) is 13.2 Å². The Kier molecular flexibility index (Phi) is 4.14. The second-order valence-electron chi connectivity index (χ2n) is 4.99. The average molecular weight is 318 g/mol. The van der Waals surface area contributed by atoms with Gasteiger partial charge in [-0.25, -0.2) is 9.97 Å². The Morgan fingerprint density at radius 1 is 0.913 bits per heavy atom. The van der Waals surface area contributed by atoms with Gasteiger partial charge in [0.15, 0.2) is 0 Å². The predicted octanol–water partition coefficient (Wildman–Crippen LogP) is 4.27. The van der Waals surface area contributed by atoms with Gasteiger partial charge in [0.25, 0.3) is 0 Å². The Labute approximate surface area is 130 Å². The normalized spacial score (nSPS) is 11.6. The van der Waals surface area contributed by atoms with Crippen LogP contribution in [-0.4, -0.2) is 16.6 Å². The number of rotatable bonds is 4. The zero-order chi connectivity index (χ0) is 16.3. The van der Waals surface area contributed by atoms with Crippen molar-refractivity contribution >= 4 is 10.9 Å². The summed E-state index contributed by atoms with van der Waals surface area (Å²) in [6.07, 6.45) is -2.39. The van der Waals surface area contributed by atoms with Crippen LogP contribution < -0.4 is 4.74 Å². The molecule has 0 bridgehead atoms. The molecule has 3 aromatic rings. The van der Waals surface area contributed by atoms with Gasteiger partial charge in [-0.05, 0) is 29.8 Å². The summed E-state index contributed by atoms with van der Waals surface area (Å²) >= 11 is 0. The summed E-state index contributed by atoms with van der Waals surface area (Å²) < 4.78 is 43.2. The van der Waals surface area contributed by atoms with Crippen LogP contribution in [0.3, 0.4) is 0 Å². The maximum Gasteiger partial charge on any atom is 0.416 e. The monoisotopic (exact) mass is 318 g/mol. The van der Waals surface area contributed by atoms with E-state index < -0.39 is 11.7 Å².